The van der Waals surface area contributed by atoms with Gasteiger partial charge < -0.3 is 4.98 Å². The minimum Gasteiger partial charge on any atom is -0.305 e. The van der Waals surface area contributed by atoms with E-state index in [4.69, 9.17) is 0 Å². The molecular weight excluding hydrogens is 260 g/mol. The first-order chi connectivity index (χ1) is 9.20. The number of hydrogen-bond acceptors (Lipinski definition) is 5. The van der Waals surface area contributed by atoms with Crippen LogP contribution in [-0.2, 0) is 6.42 Å². The summed E-state index contributed by atoms with van der Waals surface area (Å²) in [6.07, 6.45) is 5.59. The van der Waals surface area contributed by atoms with E-state index in [2.05, 4.69) is 19.9 Å². The molecule has 0 saturated carbocycles. The van der Waals surface area contributed by atoms with Crippen LogP contribution >= 0.6 is 11.3 Å². The number of fused-ring (bicyclic) bond motifs is 1. The fraction of sp³-hybridized carbons (Fsp3) is 0.231. The zero-order valence-corrected chi connectivity index (χ0v) is 11.4. The van der Waals surface area contributed by atoms with Crippen LogP contribution in [0.15, 0.2) is 23.4 Å². The molecule has 0 aliphatic heterocycles. The lowest BCUT2D eigenvalue weighted by molar-refractivity contribution is 1.10. The number of aromatic nitrogens is 4. The van der Waals surface area contributed by atoms with E-state index in [1.807, 2.05) is 13.8 Å². The fourth-order valence-corrected chi connectivity index (χ4v) is 3.26. The van der Waals surface area contributed by atoms with Gasteiger partial charge in [-0.05, 0) is 18.9 Å². The van der Waals surface area contributed by atoms with Crippen molar-refractivity contribution in [1.82, 2.24) is 19.9 Å². The molecule has 0 atom stereocenters. The molecule has 96 valence electrons. The summed E-state index contributed by atoms with van der Waals surface area (Å²) in [6, 6.07) is 0. The third-order valence-corrected chi connectivity index (χ3v) is 4.06. The lowest BCUT2D eigenvalue weighted by Gasteiger charge is -1.99. The van der Waals surface area contributed by atoms with E-state index in [1.54, 1.807) is 29.9 Å². The van der Waals surface area contributed by atoms with Crippen molar-refractivity contribution in [2.75, 3.05) is 0 Å². The summed E-state index contributed by atoms with van der Waals surface area (Å²) in [6.45, 7) is 4.07. The van der Waals surface area contributed by atoms with E-state index >= 15 is 0 Å². The van der Waals surface area contributed by atoms with Gasteiger partial charge in [0.05, 0.1) is 11.6 Å². The number of aryl methyl sites for hydroxylation is 2. The Morgan fingerprint density at radius 1 is 1.37 bits per heavy atom. The Morgan fingerprint density at radius 2 is 2.21 bits per heavy atom. The van der Waals surface area contributed by atoms with Gasteiger partial charge in [-0.2, -0.15) is 0 Å². The largest absolute Gasteiger partial charge is 0.305 e. The van der Waals surface area contributed by atoms with Crippen molar-refractivity contribution in [2.24, 2.45) is 0 Å². The van der Waals surface area contributed by atoms with E-state index in [0.717, 1.165) is 21.7 Å². The Labute approximate surface area is 113 Å². The maximum absolute atomic E-state index is 12.2. The van der Waals surface area contributed by atoms with Crippen LogP contribution in [0.25, 0.3) is 21.7 Å². The molecule has 3 rings (SSSR count). The third kappa shape index (κ3) is 1.94. The Balaban J connectivity index is 2.30. The van der Waals surface area contributed by atoms with Crippen LogP contribution in [0.4, 0.5) is 0 Å². The number of H-pyrrole nitrogens is 1. The van der Waals surface area contributed by atoms with Gasteiger partial charge in [-0.1, -0.05) is 6.92 Å². The second-order valence-electron chi connectivity index (χ2n) is 4.18. The summed E-state index contributed by atoms with van der Waals surface area (Å²) in [7, 11) is 0. The Kier molecular flexibility index (Phi) is 2.87. The highest BCUT2D eigenvalue weighted by atomic mass is 32.1. The van der Waals surface area contributed by atoms with Crippen molar-refractivity contribution >= 4 is 21.6 Å². The van der Waals surface area contributed by atoms with Crippen LogP contribution < -0.4 is 5.56 Å². The molecule has 19 heavy (non-hydrogen) atoms. The van der Waals surface area contributed by atoms with Crippen LogP contribution in [0.2, 0.25) is 0 Å². The number of nitrogens with zero attached hydrogens (tertiary/aromatic N) is 3. The van der Waals surface area contributed by atoms with Crippen molar-refractivity contribution in [3.63, 3.8) is 0 Å². The van der Waals surface area contributed by atoms with Crippen LogP contribution in [0.5, 0.6) is 0 Å². The SMILES string of the molecule is CCc1c(C)sc2nc(-c3cnccn3)[nH]c(=O)c12. The van der Waals surface area contributed by atoms with Crippen LogP contribution in [0.3, 0.4) is 0 Å². The van der Waals surface area contributed by atoms with Gasteiger partial charge in [0.25, 0.3) is 5.56 Å². The smallest absolute Gasteiger partial charge is 0.260 e. The minimum atomic E-state index is -0.105. The van der Waals surface area contributed by atoms with Gasteiger partial charge in [0.15, 0.2) is 5.82 Å². The predicted molar refractivity (Wildman–Crippen MR) is 75.4 cm³/mol. The Hall–Kier alpha value is -2.08. The number of hydrogen-bond donors (Lipinski definition) is 1. The Bertz CT molecular complexity index is 792. The van der Waals surface area contributed by atoms with Gasteiger partial charge in [0.1, 0.15) is 10.5 Å². The molecular formula is C13H12N4OS. The van der Waals surface area contributed by atoms with Crippen LogP contribution in [0.1, 0.15) is 17.4 Å². The molecule has 1 N–H and O–H groups in total. The number of rotatable bonds is 2. The highest BCUT2D eigenvalue weighted by Gasteiger charge is 2.14. The summed E-state index contributed by atoms with van der Waals surface area (Å²) in [5.41, 5.74) is 1.55. The molecule has 0 aromatic carbocycles. The summed E-state index contributed by atoms with van der Waals surface area (Å²) in [5, 5.41) is 0.706. The topological polar surface area (TPSA) is 71.5 Å². The highest BCUT2D eigenvalue weighted by Crippen LogP contribution is 2.28. The first-order valence-corrected chi connectivity index (χ1v) is 6.81. The van der Waals surface area contributed by atoms with E-state index in [-0.39, 0.29) is 5.56 Å². The second kappa shape index (κ2) is 4.55. The number of thiophene rings is 1. The first kappa shape index (κ1) is 12.0. The average molecular weight is 272 g/mol. The maximum Gasteiger partial charge on any atom is 0.260 e. The van der Waals surface area contributed by atoms with E-state index in [9.17, 15) is 4.79 Å². The van der Waals surface area contributed by atoms with Gasteiger partial charge in [0.2, 0.25) is 0 Å². The molecule has 0 radical (unpaired) electrons. The lowest BCUT2D eigenvalue weighted by atomic mass is 10.1. The molecule has 3 aromatic rings. The van der Waals surface area contributed by atoms with E-state index in [1.165, 1.54) is 0 Å². The van der Waals surface area contributed by atoms with E-state index in [0.29, 0.717) is 16.9 Å². The van der Waals surface area contributed by atoms with Crippen LogP contribution in [0, 0.1) is 6.92 Å². The normalized spacial score (nSPS) is 11.1. The second-order valence-corrected chi connectivity index (χ2v) is 5.38. The van der Waals surface area contributed by atoms with Crippen molar-refractivity contribution in [3.8, 4) is 11.5 Å². The highest BCUT2D eigenvalue weighted by molar-refractivity contribution is 7.18. The van der Waals surface area contributed by atoms with Gasteiger partial charge >= 0.3 is 0 Å². The molecule has 0 unspecified atom stereocenters. The van der Waals surface area contributed by atoms with Crippen LogP contribution in [-0.4, -0.2) is 19.9 Å². The zero-order valence-electron chi connectivity index (χ0n) is 10.6. The summed E-state index contributed by atoms with van der Waals surface area (Å²) in [4.78, 5) is 29.6. The zero-order chi connectivity index (χ0) is 13.4. The molecule has 0 aliphatic carbocycles. The predicted octanol–water partition coefficient (Wildman–Crippen LogP) is 2.31. The molecule has 0 spiro atoms. The fourth-order valence-electron chi connectivity index (χ4n) is 2.14. The van der Waals surface area contributed by atoms with Crippen molar-refractivity contribution in [1.29, 1.82) is 0 Å². The molecule has 0 bridgehead atoms. The molecule has 0 saturated heterocycles. The molecule has 0 aliphatic rings. The summed E-state index contributed by atoms with van der Waals surface area (Å²) < 4.78 is 0. The third-order valence-electron chi connectivity index (χ3n) is 3.02. The molecule has 5 nitrogen and oxygen atoms in total. The lowest BCUT2D eigenvalue weighted by Crippen LogP contribution is -2.10. The summed E-state index contributed by atoms with van der Waals surface area (Å²) >= 11 is 1.55. The van der Waals surface area contributed by atoms with Crippen molar-refractivity contribution < 1.29 is 0 Å². The number of aromatic amines is 1. The number of nitrogens with one attached hydrogen (secondary N) is 1. The molecule has 6 heteroatoms. The van der Waals surface area contributed by atoms with Crippen molar-refractivity contribution in [3.05, 3.63) is 39.4 Å². The first-order valence-electron chi connectivity index (χ1n) is 5.99. The molecule has 3 aromatic heterocycles. The average Bonchev–Trinajstić information content (AvgIpc) is 2.75. The monoisotopic (exact) mass is 272 g/mol. The summed E-state index contributed by atoms with van der Waals surface area (Å²) in [5.74, 6) is 0.467. The van der Waals surface area contributed by atoms with Gasteiger partial charge in [-0.25, -0.2) is 9.97 Å². The van der Waals surface area contributed by atoms with Gasteiger partial charge in [-0.3, -0.25) is 9.78 Å². The van der Waals surface area contributed by atoms with Gasteiger partial charge in [0, 0.05) is 17.3 Å². The Morgan fingerprint density at radius 3 is 2.89 bits per heavy atom. The molecule has 0 amide bonds. The van der Waals surface area contributed by atoms with Crippen molar-refractivity contribution in [2.45, 2.75) is 20.3 Å². The van der Waals surface area contributed by atoms with Gasteiger partial charge in [-0.15, -0.1) is 11.3 Å². The maximum atomic E-state index is 12.2. The molecule has 0 fully saturated rings. The molecule has 3 heterocycles. The van der Waals surface area contributed by atoms with E-state index < -0.39 is 0 Å². The minimum absolute atomic E-state index is 0.105. The standard InChI is InChI=1S/C13H12N4OS/c1-3-8-7(2)19-13-10(8)12(18)16-11(17-13)9-6-14-4-5-15-9/h4-6H,3H2,1-2H3,(H,16,17,18). The quantitative estimate of drug-likeness (QED) is 0.777.